The average Bonchev–Trinajstić information content (AvgIpc) is 2.66. The van der Waals surface area contributed by atoms with Crippen molar-refractivity contribution in [2.75, 3.05) is 0 Å². The first kappa shape index (κ1) is 22.1. The first-order valence-electron chi connectivity index (χ1n) is 9.65. The van der Waals surface area contributed by atoms with Crippen LogP contribution in [-0.4, -0.2) is 26.1 Å². The molecule has 1 amide bonds. The minimum absolute atomic E-state index is 0.0126. The van der Waals surface area contributed by atoms with Gasteiger partial charge < -0.3 is 15.5 Å². The van der Waals surface area contributed by atoms with Gasteiger partial charge in [0.15, 0.2) is 0 Å². The maximum Gasteiger partial charge on any atom is 0.255 e. The van der Waals surface area contributed by atoms with E-state index < -0.39 is 5.91 Å². The van der Waals surface area contributed by atoms with Crippen LogP contribution in [0.25, 0.3) is 0 Å². The number of phenolic OH excluding ortho intramolecular Hbond substituents is 2. The summed E-state index contributed by atoms with van der Waals surface area (Å²) in [4.78, 5) is 20.5. The number of hydrogen-bond donors (Lipinski definition) is 3. The van der Waals surface area contributed by atoms with Crippen molar-refractivity contribution in [2.24, 2.45) is 0 Å². The number of aryl methyl sites for hydroxylation is 1. The standard InChI is InChI=1S/C23H29N3O3/c1-15(2)6-5-7-16(3)8-9-19-20(27)10-17(4)21(22(19)28)23(29)26-13-18-11-24-14-25-12-18/h6,8,10-12,14,27-28H,5,7,9,13H2,1-4H3,(H,26,29)/b16-8+. The molecule has 1 aromatic carbocycles. The summed E-state index contributed by atoms with van der Waals surface area (Å²) >= 11 is 0. The van der Waals surface area contributed by atoms with E-state index in [1.165, 1.54) is 18.0 Å². The van der Waals surface area contributed by atoms with Crippen LogP contribution in [-0.2, 0) is 13.0 Å². The molecule has 3 N–H and O–H groups in total. The van der Waals surface area contributed by atoms with Crippen molar-refractivity contribution in [3.63, 3.8) is 0 Å². The third-order valence-corrected chi connectivity index (χ3v) is 4.62. The van der Waals surface area contributed by atoms with Crippen LogP contribution in [0.3, 0.4) is 0 Å². The number of nitrogens with one attached hydrogen (secondary N) is 1. The van der Waals surface area contributed by atoms with Gasteiger partial charge in [0.1, 0.15) is 17.8 Å². The monoisotopic (exact) mass is 395 g/mol. The Hall–Kier alpha value is -3.15. The molecule has 6 heteroatoms. The topological polar surface area (TPSA) is 95.3 Å². The summed E-state index contributed by atoms with van der Waals surface area (Å²) in [6, 6.07) is 1.52. The number of rotatable bonds is 8. The van der Waals surface area contributed by atoms with Crippen LogP contribution in [0.2, 0.25) is 0 Å². The zero-order valence-electron chi connectivity index (χ0n) is 17.5. The summed E-state index contributed by atoms with van der Waals surface area (Å²) in [6.45, 7) is 8.09. The van der Waals surface area contributed by atoms with Crippen LogP contribution in [0.15, 0.2) is 48.1 Å². The fraction of sp³-hybridized carbons (Fsp3) is 0.348. The molecular formula is C23H29N3O3. The molecule has 0 bridgehead atoms. The van der Waals surface area contributed by atoms with Crippen LogP contribution in [0, 0.1) is 6.92 Å². The quantitative estimate of drug-likeness (QED) is 0.577. The maximum atomic E-state index is 12.7. The van der Waals surface area contributed by atoms with Crippen LogP contribution >= 0.6 is 0 Å². The normalized spacial score (nSPS) is 11.2. The van der Waals surface area contributed by atoms with Crippen LogP contribution in [0.5, 0.6) is 11.5 Å². The molecule has 1 aromatic heterocycles. The fourth-order valence-corrected chi connectivity index (χ4v) is 2.97. The smallest absolute Gasteiger partial charge is 0.255 e. The number of aromatic hydroxyl groups is 2. The lowest BCUT2D eigenvalue weighted by molar-refractivity contribution is 0.0947. The first-order chi connectivity index (χ1) is 13.8. The fourth-order valence-electron chi connectivity index (χ4n) is 2.97. The van der Waals surface area contributed by atoms with Gasteiger partial charge in [-0.15, -0.1) is 0 Å². The Morgan fingerprint density at radius 3 is 2.48 bits per heavy atom. The van der Waals surface area contributed by atoms with Gasteiger partial charge in [-0.2, -0.15) is 0 Å². The molecule has 0 fully saturated rings. The van der Waals surface area contributed by atoms with E-state index in [1.54, 1.807) is 19.3 Å². The van der Waals surface area contributed by atoms with E-state index in [4.69, 9.17) is 0 Å². The third-order valence-electron chi connectivity index (χ3n) is 4.62. The summed E-state index contributed by atoms with van der Waals surface area (Å²) in [5, 5.41) is 23.8. The number of hydrogen-bond acceptors (Lipinski definition) is 5. The Morgan fingerprint density at radius 1 is 1.14 bits per heavy atom. The molecule has 0 radical (unpaired) electrons. The highest BCUT2D eigenvalue weighted by Crippen LogP contribution is 2.34. The first-order valence-corrected chi connectivity index (χ1v) is 9.65. The Kier molecular flexibility index (Phi) is 7.95. The van der Waals surface area contributed by atoms with Gasteiger partial charge in [0.25, 0.3) is 5.91 Å². The lowest BCUT2D eigenvalue weighted by Crippen LogP contribution is -2.24. The Morgan fingerprint density at radius 2 is 1.83 bits per heavy atom. The predicted molar refractivity (Wildman–Crippen MR) is 114 cm³/mol. The molecule has 0 spiro atoms. The largest absolute Gasteiger partial charge is 0.508 e. The van der Waals surface area contributed by atoms with Gasteiger partial charge in [0, 0.05) is 30.1 Å². The van der Waals surface area contributed by atoms with Gasteiger partial charge in [0.05, 0.1) is 5.56 Å². The van der Waals surface area contributed by atoms with E-state index in [0.29, 0.717) is 17.5 Å². The summed E-state index contributed by atoms with van der Waals surface area (Å²) in [7, 11) is 0. The molecule has 0 unspecified atom stereocenters. The average molecular weight is 396 g/mol. The van der Waals surface area contributed by atoms with Crippen LogP contribution in [0.4, 0.5) is 0 Å². The molecule has 0 saturated heterocycles. The molecule has 0 aliphatic carbocycles. The molecule has 0 aliphatic rings. The van der Waals surface area contributed by atoms with Crippen molar-refractivity contribution in [2.45, 2.75) is 53.5 Å². The summed E-state index contributed by atoms with van der Waals surface area (Å²) in [5.74, 6) is -0.603. The molecule has 0 aliphatic heterocycles. The van der Waals surface area contributed by atoms with E-state index in [0.717, 1.165) is 24.0 Å². The Labute approximate surface area is 172 Å². The van der Waals surface area contributed by atoms with Crippen molar-refractivity contribution in [1.29, 1.82) is 0 Å². The number of allylic oxidation sites excluding steroid dienone is 4. The highest BCUT2D eigenvalue weighted by Gasteiger charge is 2.20. The zero-order chi connectivity index (χ0) is 21.4. The Bertz CT molecular complexity index is 915. The molecule has 0 saturated carbocycles. The van der Waals surface area contributed by atoms with Gasteiger partial charge in [-0.05, 0) is 58.6 Å². The van der Waals surface area contributed by atoms with Gasteiger partial charge >= 0.3 is 0 Å². The van der Waals surface area contributed by atoms with Crippen molar-refractivity contribution in [3.8, 4) is 11.5 Å². The van der Waals surface area contributed by atoms with E-state index in [2.05, 4.69) is 35.2 Å². The number of benzene rings is 1. The molecule has 154 valence electrons. The van der Waals surface area contributed by atoms with Gasteiger partial charge in [-0.3, -0.25) is 4.79 Å². The molecule has 2 rings (SSSR count). The third kappa shape index (κ3) is 6.45. The van der Waals surface area contributed by atoms with E-state index in [1.807, 2.05) is 13.0 Å². The SMILES string of the molecule is CC(C)=CCC/C(C)=C/Cc1c(O)cc(C)c(C(=O)NCc2cncnc2)c1O. The van der Waals surface area contributed by atoms with Gasteiger partial charge in [-0.25, -0.2) is 9.97 Å². The molecule has 1 heterocycles. The van der Waals surface area contributed by atoms with Gasteiger partial charge in [-0.1, -0.05) is 23.3 Å². The lowest BCUT2D eigenvalue weighted by atomic mass is 9.98. The van der Waals surface area contributed by atoms with Crippen molar-refractivity contribution in [3.05, 3.63) is 70.3 Å². The van der Waals surface area contributed by atoms with E-state index >= 15 is 0 Å². The summed E-state index contributed by atoms with van der Waals surface area (Å²) in [6.07, 6.45) is 11.0. The minimum atomic E-state index is -0.408. The molecule has 29 heavy (non-hydrogen) atoms. The molecule has 2 aromatic rings. The Balaban J connectivity index is 2.16. The van der Waals surface area contributed by atoms with E-state index in [9.17, 15) is 15.0 Å². The van der Waals surface area contributed by atoms with E-state index in [-0.39, 0.29) is 23.6 Å². The lowest BCUT2D eigenvalue weighted by Gasteiger charge is -2.14. The highest BCUT2D eigenvalue weighted by molar-refractivity contribution is 5.99. The molecule has 0 atom stereocenters. The van der Waals surface area contributed by atoms with Crippen LogP contribution in [0.1, 0.15) is 60.7 Å². The number of amides is 1. The second-order valence-electron chi connectivity index (χ2n) is 7.42. The second-order valence-corrected chi connectivity index (χ2v) is 7.42. The maximum absolute atomic E-state index is 12.7. The number of nitrogens with zero attached hydrogens (tertiary/aromatic N) is 2. The van der Waals surface area contributed by atoms with Crippen molar-refractivity contribution >= 4 is 5.91 Å². The number of phenols is 2. The molecular weight excluding hydrogens is 366 g/mol. The minimum Gasteiger partial charge on any atom is -0.508 e. The van der Waals surface area contributed by atoms with Crippen molar-refractivity contribution in [1.82, 2.24) is 15.3 Å². The second kappa shape index (κ2) is 10.4. The molecule has 6 nitrogen and oxygen atoms in total. The number of carbonyl (C=O) groups excluding carboxylic acids is 1. The number of aromatic nitrogens is 2. The number of carbonyl (C=O) groups is 1. The van der Waals surface area contributed by atoms with Crippen LogP contribution < -0.4 is 5.32 Å². The predicted octanol–water partition coefficient (Wildman–Crippen LogP) is 4.36. The highest BCUT2D eigenvalue weighted by atomic mass is 16.3. The summed E-state index contributed by atoms with van der Waals surface area (Å²) < 4.78 is 0. The van der Waals surface area contributed by atoms with Gasteiger partial charge in [0.2, 0.25) is 0 Å². The zero-order valence-corrected chi connectivity index (χ0v) is 17.5. The summed E-state index contributed by atoms with van der Waals surface area (Å²) in [5.41, 5.74) is 4.23. The van der Waals surface area contributed by atoms with Crippen molar-refractivity contribution < 1.29 is 15.0 Å².